The average molecular weight is 389 g/mol. The van der Waals surface area contributed by atoms with Crippen molar-refractivity contribution in [1.29, 1.82) is 0 Å². The Hall–Kier alpha value is -2.32. The highest BCUT2D eigenvalue weighted by molar-refractivity contribution is 7.99. The van der Waals surface area contributed by atoms with Crippen molar-refractivity contribution in [3.63, 3.8) is 0 Å². The van der Waals surface area contributed by atoms with Crippen molar-refractivity contribution in [3.05, 3.63) is 40.1 Å². The van der Waals surface area contributed by atoms with Crippen LogP contribution in [0.4, 0.5) is 5.69 Å². The van der Waals surface area contributed by atoms with Crippen LogP contribution in [0.3, 0.4) is 0 Å². The van der Waals surface area contributed by atoms with E-state index in [1.54, 1.807) is 18.4 Å². The van der Waals surface area contributed by atoms with E-state index >= 15 is 0 Å². The number of aromatic nitrogens is 3. The van der Waals surface area contributed by atoms with Crippen molar-refractivity contribution in [2.75, 3.05) is 18.2 Å². The molecule has 3 aromatic rings. The molecular formula is C18H20N4O2S2. The van der Waals surface area contributed by atoms with Crippen LogP contribution in [0, 0.1) is 13.8 Å². The van der Waals surface area contributed by atoms with E-state index in [2.05, 4.69) is 34.7 Å². The van der Waals surface area contributed by atoms with Gasteiger partial charge in [-0.25, -0.2) is 0 Å². The molecule has 0 unspecified atom stereocenters. The molecule has 136 valence electrons. The van der Waals surface area contributed by atoms with Gasteiger partial charge >= 0.3 is 0 Å². The zero-order valence-corrected chi connectivity index (χ0v) is 16.7. The molecule has 0 fully saturated rings. The summed E-state index contributed by atoms with van der Waals surface area (Å²) in [6, 6.07) is 7.23. The summed E-state index contributed by atoms with van der Waals surface area (Å²) in [6.07, 6.45) is 0. The lowest BCUT2D eigenvalue weighted by Gasteiger charge is -2.06. The molecular weight excluding hydrogens is 368 g/mol. The van der Waals surface area contributed by atoms with E-state index in [1.807, 2.05) is 35.9 Å². The zero-order valence-electron chi connectivity index (χ0n) is 15.1. The van der Waals surface area contributed by atoms with Gasteiger partial charge in [-0.2, -0.15) is 0 Å². The van der Waals surface area contributed by atoms with E-state index in [9.17, 15) is 4.79 Å². The van der Waals surface area contributed by atoms with Crippen LogP contribution in [0.1, 0.15) is 10.4 Å². The van der Waals surface area contributed by atoms with Crippen LogP contribution in [-0.2, 0) is 11.8 Å². The fraction of sp³-hybridized carbons (Fsp3) is 0.278. The Balaban J connectivity index is 1.62. The lowest BCUT2D eigenvalue weighted by Crippen LogP contribution is -2.14. The number of ether oxygens (including phenoxy) is 1. The second-order valence-electron chi connectivity index (χ2n) is 5.76. The van der Waals surface area contributed by atoms with Crippen molar-refractivity contribution in [2.45, 2.75) is 19.0 Å². The number of hydrogen-bond acceptors (Lipinski definition) is 6. The lowest BCUT2D eigenvalue weighted by atomic mass is 10.2. The molecule has 1 amide bonds. The number of carbonyl (C=O) groups excluding carboxylic acids is 1. The normalized spacial score (nSPS) is 10.8. The van der Waals surface area contributed by atoms with Crippen LogP contribution in [0.5, 0.6) is 5.75 Å². The first-order valence-electron chi connectivity index (χ1n) is 8.00. The summed E-state index contributed by atoms with van der Waals surface area (Å²) < 4.78 is 7.04. The van der Waals surface area contributed by atoms with Gasteiger partial charge in [0.05, 0.1) is 12.9 Å². The van der Waals surface area contributed by atoms with Gasteiger partial charge in [-0.1, -0.05) is 11.8 Å². The lowest BCUT2D eigenvalue weighted by molar-refractivity contribution is -0.113. The van der Waals surface area contributed by atoms with E-state index in [1.165, 1.54) is 22.2 Å². The molecule has 0 radical (unpaired) electrons. The Morgan fingerprint density at radius 3 is 2.62 bits per heavy atom. The number of amides is 1. The van der Waals surface area contributed by atoms with E-state index < -0.39 is 0 Å². The maximum absolute atomic E-state index is 12.2. The SMILES string of the molecule is COc1ccc(NC(=O)CSc2nnc(-c3csc(C)c3C)n2C)cc1. The van der Waals surface area contributed by atoms with Crippen LogP contribution in [0.2, 0.25) is 0 Å². The third-order valence-electron chi connectivity index (χ3n) is 4.07. The van der Waals surface area contributed by atoms with Crippen LogP contribution < -0.4 is 10.1 Å². The van der Waals surface area contributed by atoms with Crippen molar-refractivity contribution >= 4 is 34.7 Å². The second kappa shape index (κ2) is 7.92. The Kier molecular flexibility index (Phi) is 5.63. The number of thiophene rings is 1. The van der Waals surface area contributed by atoms with Gasteiger partial charge in [0.2, 0.25) is 5.91 Å². The van der Waals surface area contributed by atoms with Gasteiger partial charge in [-0.05, 0) is 43.7 Å². The monoisotopic (exact) mass is 388 g/mol. The van der Waals surface area contributed by atoms with Gasteiger partial charge in [-0.15, -0.1) is 21.5 Å². The number of thioether (sulfide) groups is 1. The van der Waals surface area contributed by atoms with Crippen LogP contribution in [0.25, 0.3) is 11.4 Å². The van der Waals surface area contributed by atoms with Gasteiger partial charge in [0, 0.05) is 28.6 Å². The third-order valence-corrected chi connectivity index (χ3v) is 6.10. The zero-order chi connectivity index (χ0) is 18.7. The number of aryl methyl sites for hydroxylation is 1. The summed E-state index contributed by atoms with van der Waals surface area (Å²) in [5, 5.41) is 14.2. The Morgan fingerprint density at radius 2 is 2.00 bits per heavy atom. The quantitative estimate of drug-likeness (QED) is 0.649. The Labute approximate surface area is 160 Å². The largest absolute Gasteiger partial charge is 0.497 e. The minimum atomic E-state index is -0.0905. The van der Waals surface area contributed by atoms with Crippen molar-refractivity contribution in [3.8, 4) is 17.1 Å². The second-order valence-corrected chi connectivity index (χ2v) is 7.79. The summed E-state index contributed by atoms with van der Waals surface area (Å²) in [5.74, 6) is 1.75. The van der Waals surface area contributed by atoms with Crippen molar-refractivity contribution < 1.29 is 9.53 Å². The van der Waals surface area contributed by atoms with Crippen LogP contribution in [-0.4, -0.2) is 33.5 Å². The fourth-order valence-electron chi connectivity index (χ4n) is 2.41. The third kappa shape index (κ3) is 3.91. The van der Waals surface area contributed by atoms with Gasteiger partial charge in [0.25, 0.3) is 0 Å². The molecule has 0 saturated carbocycles. The molecule has 0 bridgehead atoms. The predicted octanol–water partition coefficient (Wildman–Crippen LogP) is 3.90. The van der Waals surface area contributed by atoms with E-state index in [4.69, 9.17) is 4.74 Å². The molecule has 6 nitrogen and oxygen atoms in total. The van der Waals surface area contributed by atoms with E-state index in [0.717, 1.165) is 22.8 Å². The Bertz CT molecular complexity index is 916. The standard InChI is InChI=1S/C18H20N4O2S2/c1-11-12(2)25-9-15(11)17-20-21-18(22(17)3)26-10-16(23)19-13-5-7-14(24-4)8-6-13/h5-9H,10H2,1-4H3,(H,19,23). The molecule has 8 heteroatoms. The predicted molar refractivity (Wildman–Crippen MR) is 106 cm³/mol. The summed E-state index contributed by atoms with van der Waals surface area (Å²) in [6.45, 7) is 4.18. The number of nitrogens with one attached hydrogen (secondary N) is 1. The molecule has 0 spiro atoms. The number of methoxy groups -OCH3 is 1. The molecule has 0 aliphatic heterocycles. The molecule has 2 heterocycles. The number of nitrogens with zero attached hydrogens (tertiary/aromatic N) is 3. The van der Waals surface area contributed by atoms with Gasteiger partial charge in [0.1, 0.15) is 5.75 Å². The average Bonchev–Trinajstić information content (AvgIpc) is 3.16. The molecule has 3 rings (SSSR count). The smallest absolute Gasteiger partial charge is 0.234 e. The number of anilines is 1. The van der Waals surface area contributed by atoms with Crippen LogP contribution >= 0.6 is 23.1 Å². The molecule has 1 aromatic carbocycles. The first kappa shape index (κ1) is 18.5. The summed E-state index contributed by atoms with van der Waals surface area (Å²) in [4.78, 5) is 13.4. The summed E-state index contributed by atoms with van der Waals surface area (Å²) in [5.41, 5.74) is 3.05. The number of rotatable bonds is 6. The molecule has 1 N–H and O–H groups in total. The minimum Gasteiger partial charge on any atom is -0.497 e. The van der Waals surface area contributed by atoms with Gasteiger partial charge < -0.3 is 14.6 Å². The van der Waals surface area contributed by atoms with E-state index in [0.29, 0.717) is 5.16 Å². The Morgan fingerprint density at radius 1 is 1.27 bits per heavy atom. The van der Waals surface area contributed by atoms with E-state index in [-0.39, 0.29) is 11.7 Å². The molecule has 26 heavy (non-hydrogen) atoms. The molecule has 0 aliphatic rings. The highest BCUT2D eigenvalue weighted by Gasteiger charge is 2.16. The number of benzene rings is 1. The maximum atomic E-state index is 12.2. The first-order valence-corrected chi connectivity index (χ1v) is 9.87. The molecule has 0 atom stereocenters. The number of carbonyl (C=O) groups is 1. The minimum absolute atomic E-state index is 0.0905. The topological polar surface area (TPSA) is 69.0 Å². The van der Waals surface area contributed by atoms with Crippen molar-refractivity contribution in [2.24, 2.45) is 7.05 Å². The molecule has 0 aliphatic carbocycles. The van der Waals surface area contributed by atoms with Gasteiger partial charge in [-0.3, -0.25) is 4.79 Å². The number of hydrogen-bond donors (Lipinski definition) is 1. The fourth-order valence-corrected chi connectivity index (χ4v) is 3.99. The highest BCUT2D eigenvalue weighted by Crippen LogP contribution is 2.30. The highest BCUT2D eigenvalue weighted by atomic mass is 32.2. The molecule has 2 aromatic heterocycles. The summed E-state index contributed by atoms with van der Waals surface area (Å²) in [7, 11) is 3.53. The first-order chi connectivity index (χ1) is 12.5. The van der Waals surface area contributed by atoms with Crippen LogP contribution in [0.15, 0.2) is 34.8 Å². The van der Waals surface area contributed by atoms with Gasteiger partial charge in [0.15, 0.2) is 11.0 Å². The summed E-state index contributed by atoms with van der Waals surface area (Å²) >= 11 is 3.07. The molecule has 0 saturated heterocycles. The van der Waals surface area contributed by atoms with Crippen molar-refractivity contribution in [1.82, 2.24) is 14.8 Å². The maximum Gasteiger partial charge on any atom is 0.234 e.